The van der Waals surface area contributed by atoms with Crippen LogP contribution in [0.1, 0.15) is 12.8 Å². The molecular weight excluding hydrogens is 630 g/mol. The molecule has 1 aliphatic heterocycles. The van der Waals surface area contributed by atoms with Crippen LogP contribution in [0.5, 0.6) is 0 Å². The Labute approximate surface area is 281 Å². The van der Waals surface area contributed by atoms with Gasteiger partial charge in [0.2, 0.25) is 0 Å². The first-order valence-corrected chi connectivity index (χ1v) is 17.3. The molecule has 0 atom stereocenters. The van der Waals surface area contributed by atoms with Gasteiger partial charge in [0.25, 0.3) is 0 Å². The maximum absolute atomic E-state index is 5.79. The van der Waals surface area contributed by atoms with E-state index in [4.69, 9.17) is 73.2 Å². The van der Waals surface area contributed by atoms with E-state index in [2.05, 4.69) is 5.32 Å². The lowest BCUT2D eigenvalue weighted by Crippen LogP contribution is -2.33. The third-order valence-corrected chi connectivity index (χ3v) is 6.34. The summed E-state index contributed by atoms with van der Waals surface area (Å²) in [4.78, 5) is 0. The summed E-state index contributed by atoms with van der Waals surface area (Å²) in [5.74, 6) is 0.498. The minimum Gasteiger partial charge on any atom is -0.378 e. The molecule has 15 heteroatoms. The smallest absolute Gasteiger partial charge is 0.0704 e. The zero-order valence-corrected chi connectivity index (χ0v) is 28.7. The van der Waals surface area contributed by atoms with Gasteiger partial charge in [0.05, 0.1) is 171 Å². The van der Waals surface area contributed by atoms with Crippen molar-refractivity contribution in [3.63, 3.8) is 0 Å². The number of hydrogen-bond donors (Lipinski definition) is 1. The molecule has 0 amide bonds. The van der Waals surface area contributed by atoms with E-state index < -0.39 is 0 Å². The van der Waals surface area contributed by atoms with Crippen LogP contribution in [0.3, 0.4) is 0 Å². The summed E-state index contributed by atoms with van der Waals surface area (Å²) in [5, 5.41) is 3.33. The highest BCUT2D eigenvalue weighted by Gasteiger charge is 2.12. The Morgan fingerprint density at radius 3 is 0.783 bits per heavy atom. The molecule has 1 rings (SSSR count). The van der Waals surface area contributed by atoms with E-state index in [1.165, 1.54) is 0 Å². The first-order valence-electron chi connectivity index (χ1n) is 16.7. The summed E-state index contributed by atoms with van der Waals surface area (Å²) in [6.45, 7) is 15.4. The van der Waals surface area contributed by atoms with E-state index in [9.17, 15) is 0 Å². The van der Waals surface area contributed by atoms with Gasteiger partial charge in [0.15, 0.2) is 0 Å². The normalized spacial score (nSPS) is 14.0. The fourth-order valence-corrected chi connectivity index (χ4v) is 3.92. The molecule has 1 N–H and O–H groups in total. The summed E-state index contributed by atoms with van der Waals surface area (Å²) >= 11 is 5.51. The maximum Gasteiger partial charge on any atom is 0.0704 e. The van der Waals surface area contributed by atoms with Gasteiger partial charge < -0.3 is 66.9 Å². The number of halogens is 1. The largest absolute Gasteiger partial charge is 0.378 e. The first-order chi connectivity index (χ1) is 22.9. The zero-order valence-electron chi connectivity index (χ0n) is 28.0. The number of rotatable bonds is 39. The summed E-state index contributed by atoms with van der Waals surface area (Å²) in [6.07, 6.45) is 2.53. The van der Waals surface area contributed by atoms with Crippen molar-refractivity contribution < 1.29 is 61.6 Å². The van der Waals surface area contributed by atoms with Crippen LogP contribution in [-0.4, -0.2) is 190 Å². The first kappa shape index (κ1) is 43.8. The average Bonchev–Trinajstić information content (AvgIpc) is 3.08. The predicted molar refractivity (Wildman–Crippen MR) is 172 cm³/mol. The van der Waals surface area contributed by atoms with Crippen LogP contribution in [0.4, 0.5) is 0 Å². The quantitative estimate of drug-likeness (QED) is 0.0731. The molecule has 0 bridgehead atoms. The van der Waals surface area contributed by atoms with Crippen molar-refractivity contribution in [2.75, 3.05) is 184 Å². The van der Waals surface area contributed by atoms with E-state index in [1.54, 1.807) is 0 Å². The highest BCUT2D eigenvalue weighted by molar-refractivity contribution is 6.17. The van der Waals surface area contributed by atoms with Crippen molar-refractivity contribution in [3.8, 4) is 0 Å². The molecule has 1 aliphatic rings. The van der Waals surface area contributed by atoms with Crippen molar-refractivity contribution >= 4 is 11.6 Å². The SMILES string of the molecule is ClCCOCCOCCOCCOCCOCCOCCOCCOCCOCCOCCOCCOCCOC1CCNCC1. The van der Waals surface area contributed by atoms with Crippen molar-refractivity contribution in [3.05, 3.63) is 0 Å². The van der Waals surface area contributed by atoms with Crippen molar-refractivity contribution in [2.24, 2.45) is 0 Å². The van der Waals surface area contributed by atoms with Crippen LogP contribution in [0, 0.1) is 0 Å². The van der Waals surface area contributed by atoms with Crippen LogP contribution < -0.4 is 5.32 Å². The number of nitrogens with one attached hydrogen (secondary N) is 1. The second kappa shape index (κ2) is 39.2. The number of piperidine rings is 1. The van der Waals surface area contributed by atoms with Gasteiger partial charge in [0, 0.05) is 5.88 Å². The Hall–Kier alpha value is -0.270. The highest BCUT2D eigenvalue weighted by Crippen LogP contribution is 2.06. The van der Waals surface area contributed by atoms with E-state index in [1.807, 2.05) is 0 Å². The Bertz CT molecular complexity index is 569. The van der Waals surface area contributed by atoms with Gasteiger partial charge in [-0.05, 0) is 25.9 Å². The molecule has 1 fully saturated rings. The van der Waals surface area contributed by atoms with Gasteiger partial charge in [-0.25, -0.2) is 0 Å². The Kier molecular flexibility index (Phi) is 37.3. The maximum atomic E-state index is 5.79. The van der Waals surface area contributed by atoms with Crippen LogP contribution in [0.2, 0.25) is 0 Å². The predicted octanol–water partition coefficient (Wildman–Crippen LogP) is 1.19. The number of alkyl halides is 1. The molecule has 0 aromatic heterocycles. The molecule has 0 radical (unpaired) electrons. The molecule has 0 aliphatic carbocycles. The van der Waals surface area contributed by atoms with Crippen molar-refractivity contribution in [2.45, 2.75) is 18.9 Å². The molecular formula is C31H62ClNO13. The number of ether oxygens (including phenoxy) is 13. The molecule has 14 nitrogen and oxygen atoms in total. The molecule has 1 heterocycles. The monoisotopic (exact) mass is 691 g/mol. The standard InChI is InChI=1S/C31H62ClNO13/c32-3-6-34-7-8-35-9-10-36-11-12-37-13-14-38-15-16-39-17-18-40-19-20-41-21-22-42-23-24-43-25-26-44-27-28-45-29-30-46-31-1-4-33-5-2-31/h31,33H,1-30H2. The average molecular weight is 692 g/mol. The van der Waals surface area contributed by atoms with E-state index in [0.717, 1.165) is 25.9 Å². The van der Waals surface area contributed by atoms with Gasteiger partial charge >= 0.3 is 0 Å². The minimum absolute atomic E-state index is 0.371. The van der Waals surface area contributed by atoms with Gasteiger partial charge in [-0.2, -0.15) is 0 Å². The van der Waals surface area contributed by atoms with Gasteiger partial charge in [-0.1, -0.05) is 0 Å². The molecule has 0 aromatic rings. The van der Waals surface area contributed by atoms with Gasteiger partial charge in [0.1, 0.15) is 0 Å². The summed E-state index contributed by atoms with van der Waals surface area (Å²) in [6, 6.07) is 0. The van der Waals surface area contributed by atoms with Crippen molar-refractivity contribution in [1.82, 2.24) is 5.32 Å². The van der Waals surface area contributed by atoms with Crippen LogP contribution in [0.15, 0.2) is 0 Å². The Morgan fingerprint density at radius 2 is 0.543 bits per heavy atom. The molecule has 0 aromatic carbocycles. The fraction of sp³-hybridized carbons (Fsp3) is 1.00. The van der Waals surface area contributed by atoms with Gasteiger partial charge in [-0.15, -0.1) is 11.6 Å². The lowest BCUT2D eigenvalue weighted by Gasteiger charge is -2.22. The molecule has 0 spiro atoms. The van der Waals surface area contributed by atoms with E-state index in [-0.39, 0.29) is 0 Å². The topological polar surface area (TPSA) is 132 Å². The van der Waals surface area contributed by atoms with E-state index in [0.29, 0.717) is 177 Å². The lowest BCUT2D eigenvalue weighted by molar-refractivity contribution is -0.0327. The van der Waals surface area contributed by atoms with E-state index >= 15 is 0 Å². The summed E-state index contributed by atoms with van der Waals surface area (Å²) < 4.78 is 71.2. The summed E-state index contributed by atoms with van der Waals surface area (Å²) in [7, 11) is 0. The molecule has 46 heavy (non-hydrogen) atoms. The molecule has 0 unspecified atom stereocenters. The molecule has 1 saturated heterocycles. The number of hydrogen-bond acceptors (Lipinski definition) is 14. The van der Waals surface area contributed by atoms with Crippen LogP contribution >= 0.6 is 11.6 Å². The Morgan fingerprint density at radius 1 is 0.326 bits per heavy atom. The Balaban J connectivity index is 1.59. The molecule has 0 saturated carbocycles. The minimum atomic E-state index is 0.371. The van der Waals surface area contributed by atoms with Crippen molar-refractivity contribution in [1.29, 1.82) is 0 Å². The second-order valence-electron chi connectivity index (χ2n) is 9.86. The molecule has 276 valence electrons. The zero-order chi connectivity index (χ0) is 32.7. The third kappa shape index (κ3) is 35.0. The fourth-order valence-electron chi connectivity index (χ4n) is 3.81. The third-order valence-electron chi connectivity index (χ3n) is 6.18. The second-order valence-corrected chi connectivity index (χ2v) is 10.2. The summed E-state index contributed by atoms with van der Waals surface area (Å²) in [5.41, 5.74) is 0. The van der Waals surface area contributed by atoms with Crippen LogP contribution in [-0.2, 0) is 61.6 Å². The van der Waals surface area contributed by atoms with Gasteiger partial charge in [-0.3, -0.25) is 0 Å². The lowest BCUT2D eigenvalue weighted by atomic mass is 10.1. The van der Waals surface area contributed by atoms with Crippen LogP contribution in [0.25, 0.3) is 0 Å². The highest BCUT2D eigenvalue weighted by atomic mass is 35.5.